The molecule has 1 unspecified atom stereocenters. The van der Waals surface area contributed by atoms with Gasteiger partial charge in [-0.2, -0.15) is 0 Å². The molecule has 0 heterocycles. The average Bonchev–Trinajstić information content (AvgIpc) is 1.89. The Morgan fingerprint density at radius 2 is 2.11 bits per heavy atom. The molecule has 56 valence electrons. The quantitative estimate of drug-likeness (QED) is 0.650. The van der Waals surface area contributed by atoms with Gasteiger partial charge in [0.1, 0.15) is 0 Å². The highest BCUT2D eigenvalue weighted by molar-refractivity contribution is 8.57. The van der Waals surface area contributed by atoms with E-state index in [0.717, 1.165) is 11.9 Å². The van der Waals surface area contributed by atoms with E-state index in [1.54, 1.807) is 7.05 Å². The SMILES string of the molecule is CCSP(=O)(CC)NC. The number of nitrogens with one attached hydrogen (secondary N) is 1. The van der Waals surface area contributed by atoms with Crippen molar-refractivity contribution in [2.75, 3.05) is 19.0 Å². The van der Waals surface area contributed by atoms with Crippen LogP contribution in [0, 0.1) is 0 Å². The third kappa shape index (κ3) is 3.29. The van der Waals surface area contributed by atoms with Gasteiger partial charge in [0.15, 0.2) is 6.49 Å². The lowest BCUT2D eigenvalue weighted by molar-refractivity contribution is 0.580. The van der Waals surface area contributed by atoms with Crippen LogP contribution < -0.4 is 5.09 Å². The summed E-state index contributed by atoms with van der Waals surface area (Å²) in [4.78, 5) is 0. The van der Waals surface area contributed by atoms with Crippen LogP contribution in [0.2, 0.25) is 0 Å². The van der Waals surface area contributed by atoms with Crippen LogP contribution in [0.3, 0.4) is 0 Å². The Hall–Kier alpha value is 0.540. The van der Waals surface area contributed by atoms with Crippen LogP contribution in [-0.4, -0.2) is 19.0 Å². The van der Waals surface area contributed by atoms with Gasteiger partial charge < -0.3 is 0 Å². The Morgan fingerprint density at radius 1 is 1.56 bits per heavy atom. The highest BCUT2D eigenvalue weighted by Gasteiger charge is 2.14. The molecule has 0 saturated heterocycles. The zero-order valence-corrected chi connectivity index (χ0v) is 7.89. The summed E-state index contributed by atoms with van der Waals surface area (Å²) in [6, 6.07) is 0. The van der Waals surface area contributed by atoms with Gasteiger partial charge in [0.05, 0.1) is 0 Å². The van der Waals surface area contributed by atoms with Crippen molar-refractivity contribution >= 4 is 17.9 Å². The van der Waals surface area contributed by atoms with E-state index in [-0.39, 0.29) is 0 Å². The minimum Gasteiger partial charge on any atom is -0.295 e. The molecule has 0 aromatic rings. The van der Waals surface area contributed by atoms with Crippen molar-refractivity contribution in [3.8, 4) is 0 Å². The summed E-state index contributed by atoms with van der Waals surface area (Å²) in [7, 11) is 1.76. The molecule has 1 N–H and O–H groups in total. The lowest BCUT2D eigenvalue weighted by atomic mass is 11.0. The van der Waals surface area contributed by atoms with Gasteiger partial charge in [-0.15, -0.1) is 0 Å². The Labute approximate surface area is 61.0 Å². The van der Waals surface area contributed by atoms with E-state index in [4.69, 9.17) is 0 Å². The fourth-order valence-electron chi connectivity index (χ4n) is 0.522. The molecule has 0 spiro atoms. The molecule has 0 aromatic heterocycles. The molecule has 0 aliphatic heterocycles. The Morgan fingerprint density at radius 3 is 2.22 bits per heavy atom. The molecule has 2 nitrogen and oxygen atoms in total. The van der Waals surface area contributed by atoms with Gasteiger partial charge in [0.2, 0.25) is 0 Å². The summed E-state index contributed by atoms with van der Waals surface area (Å²) in [5.74, 6) is 0.923. The maximum Gasteiger partial charge on any atom is 0.200 e. The second-order valence-electron chi connectivity index (χ2n) is 1.63. The molecule has 0 radical (unpaired) electrons. The van der Waals surface area contributed by atoms with Gasteiger partial charge in [-0.05, 0) is 12.8 Å². The predicted molar refractivity (Wildman–Crippen MR) is 45.3 cm³/mol. The monoisotopic (exact) mass is 167 g/mol. The van der Waals surface area contributed by atoms with Gasteiger partial charge >= 0.3 is 0 Å². The zero-order chi connectivity index (χ0) is 7.33. The first-order valence-corrected chi connectivity index (χ1v) is 6.59. The predicted octanol–water partition coefficient (Wildman–Crippen LogP) is 2.17. The Bertz CT molecular complexity index is 110. The number of rotatable bonds is 4. The number of hydrogen-bond donors (Lipinski definition) is 1. The summed E-state index contributed by atoms with van der Waals surface area (Å²) in [5, 5.41) is 2.85. The van der Waals surface area contributed by atoms with Crippen molar-refractivity contribution in [2.24, 2.45) is 0 Å². The fourth-order valence-corrected chi connectivity index (χ4v) is 3.75. The van der Waals surface area contributed by atoms with E-state index in [2.05, 4.69) is 5.09 Å². The van der Waals surface area contributed by atoms with E-state index in [9.17, 15) is 4.57 Å². The van der Waals surface area contributed by atoms with Crippen molar-refractivity contribution in [3.63, 3.8) is 0 Å². The van der Waals surface area contributed by atoms with Crippen molar-refractivity contribution in [3.05, 3.63) is 0 Å². The molecule has 0 aliphatic rings. The van der Waals surface area contributed by atoms with Crippen LogP contribution >= 0.6 is 17.9 Å². The molecule has 0 fully saturated rings. The van der Waals surface area contributed by atoms with E-state index < -0.39 is 6.49 Å². The van der Waals surface area contributed by atoms with Crippen molar-refractivity contribution in [1.29, 1.82) is 0 Å². The lowest BCUT2D eigenvalue weighted by Gasteiger charge is -2.11. The molecule has 0 rings (SSSR count). The van der Waals surface area contributed by atoms with Crippen LogP contribution in [0.1, 0.15) is 13.8 Å². The van der Waals surface area contributed by atoms with E-state index >= 15 is 0 Å². The summed E-state index contributed by atoms with van der Waals surface area (Å²) in [6.45, 7) is 1.95. The number of hydrogen-bond acceptors (Lipinski definition) is 2. The molecule has 0 amide bonds. The maximum atomic E-state index is 11.4. The van der Waals surface area contributed by atoms with E-state index in [1.165, 1.54) is 11.4 Å². The fraction of sp³-hybridized carbons (Fsp3) is 1.00. The van der Waals surface area contributed by atoms with Crippen molar-refractivity contribution in [1.82, 2.24) is 5.09 Å². The first kappa shape index (κ1) is 9.54. The lowest BCUT2D eigenvalue weighted by Crippen LogP contribution is -2.01. The molecule has 0 aliphatic carbocycles. The van der Waals surface area contributed by atoms with Crippen LogP contribution in [-0.2, 0) is 4.57 Å². The van der Waals surface area contributed by atoms with Crippen LogP contribution in [0.15, 0.2) is 0 Å². The van der Waals surface area contributed by atoms with Crippen molar-refractivity contribution < 1.29 is 4.57 Å². The maximum absolute atomic E-state index is 11.4. The summed E-state index contributed by atoms with van der Waals surface area (Å²) in [6.07, 6.45) is 0.738. The molecule has 4 heteroatoms. The van der Waals surface area contributed by atoms with E-state index in [1.807, 2.05) is 13.8 Å². The molecule has 0 bridgehead atoms. The second kappa shape index (κ2) is 4.37. The minimum absolute atomic E-state index is 0.738. The van der Waals surface area contributed by atoms with Gasteiger partial charge in [0, 0.05) is 6.16 Å². The first-order valence-electron chi connectivity index (χ1n) is 3.11. The van der Waals surface area contributed by atoms with Crippen LogP contribution in [0.25, 0.3) is 0 Å². The zero-order valence-electron chi connectivity index (χ0n) is 6.18. The second-order valence-corrected chi connectivity index (χ2v) is 7.44. The van der Waals surface area contributed by atoms with Crippen LogP contribution in [0.4, 0.5) is 0 Å². The summed E-state index contributed by atoms with van der Waals surface area (Å²) >= 11 is 1.52. The Kier molecular flexibility index (Phi) is 4.63. The molecule has 1 atom stereocenters. The molecule has 9 heavy (non-hydrogen) atoms. The highest BCUT2D eigenvalue weighted by atomic mass is 32.7. The smallest absolute Gasteiger partial charge is 0.200 e. The van der Waals surface area contributed by atoms with Gasteiger partial charge in [-0.1, -0.05) is 25.2 Å². The molecular formula is C5H14NOPS. The summed E-state index contributed by atoms with van der Waals surface area (Å²) < 4.78 is 11.4. The Balaban J connectivity index is 3.78. The summed E-state index contributed by atoms with van der Waals surface area (Å²) in [5.41, 5.74) is 0. The minimum atomic E-state index is -2.01. The van der Waals surface area contributed by atoms with E-state index in [0.29, 0.717) is 0 Å². The molecular weight excluding hydrogens is 153 g/mol. The average molecular weight is 167 g/mol. The third-order valence-corrected chi connectivity index (χ3v) is 6.63. The largest absolute Gasteiger partial charge is 0.295 e. The first-order chi connectivity index (χ1) is 4.18. The van der Waals surface area contributed by atoms with Crippen LogP contribution in [0.5, 0.6) is 0 Å². The van der Waals surface area contributed by atoms with Crippen molar-refractivity contribution in [2.45, 2.75) is 13.8 Å². The molecule has 0 saturated carbocycles. The van der Waals surface area contributed by atoms with Gasteiger partial charge in [-0.25, -0.2) is 0 Å². The highest BCUT2D eigenvalue weighted by Crippen LogP contribution is 2.53. The normalized spacial score (nSPS) is 17.2. The molecule has 0 aromatic carbocycles. The standard InChI is InChI=1S/C5H14NOPS/c1-4-8(7,6-3)9-5-2/h4-5H2,1-3H3,(H,6,7). The third-order valence-electron chi connectivity index (χ3n) is 1.09. The van der Waals surface area contributed by atoms with Gasteiger partial charge in [0.25, 0.3) is 0 Å². The van der Waals surface area contributed by atoms with Gasteiger partial charge in [-0.3, -0.25) is 9.65 Å². The topological polar surface area (TPSA) is 29.1 Å².